The van der Waals surface area contributed by atoms with Gasteiger partial charge in [0, 0.05) is 36.6 Å². The number of pyridine rings is 1. The third-order valence-electron chi connectivity index (χ3n) is 5.50. The highest BCUT2D eigenvalue weighted by atomic mass is 35.5. The Hall–Kier alpha value is -2.84. The summed E-state index contributed by atoms with van der Waals surface area (Å²) in [4.78, 5) is 22.8. The Morgan fingerprint density at radius 3 is 2.54 bits per heavy atom. The number of nitrogens with zero attached hydrogens (tertiary/aromatic N) is 4. The van der Waals surface area contributed by atoms with Crippen molar-refractivity contribution in [1.29, 1.82) is 0 Å². The van der Waals surface area contributed by atoms with Crippen LogP contribution in [0.2, 0.25) is 5.02 Å². The van der Waals surface area contributed by atoms with Crippen LogP contribution < -0.4 is 0 Å². The highest BCUT2D eigenvalue weighted by Gasteiger charge is 2.28. The molecule has 0 saturated carbocycles. The van der Waals surface area contributed by atoms with E-state index < -0.39 is 0 Å². The minimum atomic E-state index is 0.00938. The second-order valence-electron chi connectivity index (χ2n) is 8.03. The van der Waals surface area contributed by atoms with Gasteiger partial charge in [-0.2, -0.15) is 0 Å². The van der Waals surface area contributed by atoms with Crippen LogP contribution in [0.4, 0.5) is 5.69 Å². The van der Waals surface area contributed by atoms with Crippen LogP contribution in [0.15, 0.2) is 42.7 Å². The van der Waals surface area contributed by atoms with Crippen LogP contribution in [0, 0.1) is 12.0 Å². The van der Waals surface area contributed by atoms with E-state index in [2.05, 4.69) is 23.7 Å². The molecule has 0 radical (unpaired) electrons. The molecule has 1 fully saturated rings. The van der Waals surface area contributed by atoms with Crippen molar-refractivity contribution in [3.8, 4) is 5.69 Å². The Morgan fingerprint density at radius 1 is 1.21 bits per heavy atom. The fraction of sp³-hybridized carbons (Fsp3) is 0.318. The van der Waals surface area contributed by atoms with Crippen LogP contribution in [-0.4, -0.2) is 33.4 Å². The molecule has 5 nitrogen and oxygen atoms in total. The average Bonchev–Trinajstić information content (AvgIpc) is 3.03. The van der Waals surface area contributed by atoms with Crippen LogP contribution in [-0.2, 0) is 0 Å². The van der Waals surface area contributed by atoms with E-state index in [0.717, 1.165) is 37.0 Å². The normalized spacial score (nSPS) is 16.1. The summed E-state index contributed by atoms with van der Waals surface area (Å²) >= 11 is 6.45. The van der Waals surface area contributed by atoms with E-state index in [1.807, 2.05) is 27.7 Å². The number of hydrogen-bond donors (Lipinski definition) is 0. The molecule has 0 spiro atoms. The number of carbonyl (C=O) groups is 1. The summed E-state index contributed by atoms with van der Waals surface area (Å²) in [6, 6.07) is 9.07. The Balaban J connectivity index is 1.66. The summed E-state index contributed by atoms with van der Waals surface area (Å²) in [5, 5.41) is 1.30. The van der Waals surface area contributed by atoms with Crippen molar-refractivity contribution in [2.45, 2.75) is 26.7 Å². The predicted octanol–water partition coefficient (Wildman–Crippen LogP) is 5.49. The highest BCUT2D eigenvalue weighted by Crippen LogP contribution is 2.32. The number of aromatic nitrogens is 2. The van der Waals surface area contributed by atoms with Gasteiger partial charge in [0.25, 0.3) is 5.91 Å². The maximum absolute atomic E-state index is 12.9. The van der Waals surface area contributed by atoms with Crippen molar-refractivity contribution in [1.82, 2.24) is 14.5 Å². The topological polar surface area (TPSA) is 42.5 Å². The first-order chi connectivity index (χ1) is 13.4. The molecule has 0 bridgehead atoms. The second-order valence-corrected chi connectivity index (χ2v) is 8.43. The van der Waals surface area contributed by atoms with Gasteiger partial charge in [-0.3, -0.25) is 9.36 Å². The van der Waals surface area contributed by atoms with Crippen molar-refractivity contribution < 1.29 is 4.79 Å². The van der Waals surface area contributed by atoms with Gasteiger partial charge in [0.05, 0.1) is 17.2 Å². The summed E-state index contributed by atoms with van der Waals surface area (Å²) in [6.07, 6.45) is 5.44. The SMILES string of the molecule is [C-]#[N+]c1ccc(-n2cc(Cl)c3cc(C(=O)N4CCC(C)(C)CC4)cnc32)cc1. The van der Waals surface area contributed by atoms with Crippen LogP contribution >= 0.6 is 11.6 Å². The molecule has 4 rings (SSSR count). The summed E-state index contributed by atoms with van der Waals surface area (Å²) in [5.74, 6) is 0.00938. The number of hydrogen-bond acceptors (Lipinski definition) is 2. The molecule has 1 saturated heterocycles. The molecule has 0 aliphatic carbocycles. The Labute approximate surface area is 169 Å². The fourth-order valence-electron chi connectivity index (χ4n) is 3.57. The van der Waals surface area contributed by atoms with Crippen LogP contribution in [0.5, 0.6) is 0 Å². The third-order valence-corrected chi connectivity index (χ3v) is 5.80. The lowest BCUT2D eigenvalue weighted by Gasteiger charge is -2.36. The van der Waals surface area contributed by atoms with Gasteiger partial charge in [-0.15, -0.1) is 0 Å². The number of likely N-dealkylation sites (tertiary alicyclic amines) is 1. The van der Waals surface area contributed by atoms with Gasteiger partial charge in [0.2, 0.25) is 0 Å². The van der Waals surface area contributed by atoms with E-state index in [1.165, 1.54) is 0 Å². The van der Waals surface area contributed by atoms with Gasteiger partial charge in [0.15, 0.2) is 5.69 Å². The molecule has 0 atom stereocenters. The van der Waals surface area contributed by atoms with Crippen molar-refractivity contribution >= 4 is 34.2 Å². The minimum Gasteiger partial charge on any atom is -0.339 e. The molecule has 3 aromatic rings. The maximum atomic E-state index is 12.9. The number of benzene rings is 1. The molecule has 0 N–H and O–H groups in total. The first kappa shape index (κ1) is 18.5. The van der Waals surface area contributed by atoms with E-state index in [0.29, 0.717) is 27.3 Å². The molecule has 2 aromatic heterocycles. The molecule has 1 aromatic carbocycles. The molecular weight excluding hydrogens is 372 g/mol. The fourth-order valence-corrected chi connectivity index (χ4v) is 3.81. The summed E-state index contributed by atoms with van der Waals surface area (Å²) in [6.45, 7) is 13.1. The molecule has 28 heavy (non-hydrogen) atoms. The van der Waals surface area contributed by atoms with Crippen LogP contribution in [0.1, 0.15) is 37.0 Å². The summed E-state index contributed by atoms with van der Waals surface area (Å²) in [5.41, 5.74) is 3.00. The predicted molar refractivity (Wildman–Crippen MR) is 111 cm³/mol. The molecule has 0 unspecified atom stereocenters. The Bertz CT molecular complexity index is 1080. The molecule has 1 aliphatic heterocycles. The monoisotopic (exact) mass is 392 g/mol. The van der Waals surface area contributed by atoms with Gasteiger partial charge in [-0.1, -0.05) is 37.6 Å². The molecular formula is C22H21ClN4O. The first-order valence-corrected chi connectivity index (χ1v) is 9.69. The van der Waals surface area contributed by atoms with E-state index in [-0.39, 0.29) is 5.91 Å². The number of fused-ring (bicyclic) bond motifs is 1. The van der Waals surface area contributed by atoms with Gasteiger partial charge in [-0.25, -0.2) is 9.83 Å². The number of rotatable bonds is 2. The number of halogens is 1. The molecule has 6 heteroatoms. The first-order valence-electron chi connectivity index (χ1n) is 9.32. The zero-order chi connectivity index (χ0) is 19.9. The van der Waals surface area contributed by atoms with E-state index in [9.17, 15) is 4.79 Å². The quantitative estimate of drug-likeness (QED) is 0.541. The standard InChI is InChI=1S/C22H21ClN4O/c1-22(2)8-10-26(11-9-22)21(28)15-12-18-19(23)14-27(20(18)25-13-15)17-6-4-16(24-3)5-7-17/h4-7,12-14H,8-11H2,1-2H3. The molecule has 1 aliphatic rings. The third kappa shape index (κ3) is 3.36. The zero-order valence-electron chi connectivity index (χ0n) is 15.9. The van der Waals surface area contributed by atoms with Crippen LogP contribution in [0.3, 0.4) is 0 Å². The van der Waals surface area contributed by atoms with Crippen molar-refractivity contribution in [2.75, 3.05) is 13.1 Å². The zero-order valence-corrected chi connectivity index (χ0v) is 16.7. The summed E-state index contributed by atoms with van der Waals surface area (Å²) in [7, 11) is 0. The number of carbonyl (C=O) groups excluding carboxylic acids is 1. The number of piperidine rings is 1. The largest absolute Gasteiger partial charge is 0.339 e. The lowest BCUT2D eigenvalue weighted by molar-refractivity contribution is 0.0630. The maximum Gasteiger partial charge on any atom is 0.255 e. The van der Waals surface area contributed by atoms with Crippen molar-refractivity contribution in [3.05, 3.63) is 64.7 Å². The van der Waals surface area contributed by atoms with Crippen molar-refractivity contribution in [2.24, 2.45) is 5.41 Å². The minimum absolute atomic E-state index is 0.00938. The van der Waals surface area contributed by atoms with Gasteiger partial charge in [0.1, 0.15) is 5.65 Å². The van der Waals surface area contributed by atoms with Gasteiger partial charge >= 0.3 is 0 Å². The average molecular weight is 393 g/mol. The lowest BCUT2D eigenvalue weighted by Crippen LogP contribution is -2.41. The van der Waals surface area contributed by atoms with Crippen LogP contribution in [0.25, 0.3) is 21.6 Å². The highest BCUT2D eigenvalue weighted by molar-refractivity contribution is 6.35. The Morgan fingerprint density at radius 2 is 1.89 bits per heavy atom. The lowest BCUT2D eigenvalue weighted by atomic mass is 9.82. The van der Waals surface area contributed by atoms with Gasteiger partial charge in [-0.05, 0) is 36.5 Å². The van der Waals surface area contributed by atoms with E-state index >= 15 is 0 Å². The smallest absolute Gasteiger partial charge is 0.255 e. The van der Waals surface area contributed by atoms with Gasteiger partial charge < -0.3 is 4.90 Å². The van der Waals surface area contributed by atoms with E-state index in [4.69, 9.17) is 18.2 Å². The second kappa shape index (κ2) is 6.96. The number of amides is 1. The Kier molecular flexibility index (Phi) is 4.60. The molecule has 142 valence electrons. The van der Waals surface area contributed by atoms with E-state index in [1.54, 1.807) is 24.5 Å². The van der Waals surface area contributed by atoms with Crippen molar-refractivity contribution in [3.63, 3.8) is 0 Å². The molecule has 3 heterocycles. The summed E-state index contributed by atoms with van der Waals surface area (Å²) < 4.78 is 1.88. The molecule has 1 amide bonds.